The van der Waals surface area contributed by atoms with Gasteiger partial charge in [0.25, 0.3) is 0 Å². The second-order valence-corrected chi connectivity index (χ2v) is 7.20. The first-order valence-electron chi connectivity index (χ1n) is 9.79. The molecule has 6 nitrogen and oxygen atoms in total. The Balaban J connectivity index is 1.33. The van der Waals surface area contributed by atoms with Gasteiger partial charge in [0.2, 0.25) is 0 Å². The lowest BCUT2D eigenvalue weighted by Crippen LogP contribution is -2.40. The van der Waals surface area contributed by atoms with Crippen molar-refractivity contribution in [3.05, 3.63) is 53.9 Å². The van der Waals surface area contributed by atoms with Crippen molar-refractivity contribution in [2.24, 2.45) is 18.0 Å². The van der Waals surface area contributed by atoms with Crippen LogP contribution in [0, 0.1) is 5.92 Å². The van der Waals surface area contributed by atoms with Gasteiger partial charge in [0, 0.05) is 45.8 Å². The first-order chi connectivity index (χ1) is 13.2. The summed E-state index contributed by atoms with van der Waals surface area (Å²) in [4.78, 5) is 6.80. The molecule has 1 N–H and O–H groups in total. The Hall–Kier alpha value is -2.34. The minimum atomic E-state index is 0.572. The summed E-state index contributed by atoms with van der Waals surface area (Å²) in [5.41, 5.74) is 2.52. The van der Waals surface area contributed by atoms with E-state index in [0.717, 1.165) is 51.5 Å². The molecule has 1 aromatic heterocycles. The monoisotopic (exact) mass is 369 g/mol. The largest absolute Gasteiger partial charge is 0.376 e. The third kappa shape index (κ3) is 6.10. The molecule has 146 valence electrons. The summed E-state index contributed by atoms with van der Waals surface area (Å²) in [5.74, 6) is 1.58. The maximum Gasteiger partial charge on any atom is 0.193 e. The molecule has 0 saturated carbocycles. The number of nitrogens with one attached hydrogen (secondary N) is 1. The highest BCUT2D eigenvalue weighted by atomic mass is 16.5. The van der Waals surface area contributed by atoms with Crippen molar-refractivity contribution in [1.82, 2.24) is 20.0 Å². The first-order valence-corrected chi connectivity index (χ1v) is 9.79. The average Bonchev–Trinajstić information content (AvgIpc) is 3.32. The van der Waals surface area contributed by atoms with E-state index in [-0.39, 0.29) is 0 Å². The molecule has 0 aliphatic carbocycles. The lowest BCUT2D eigenvalue weighted by molar-refractivity contribution is 0.0907. The first kappa shape index (κ1) is 19.4. The van der Waals surface area contributed by atoms with Gasteiger partial charge in [0.15, 0.2) is 5.96 Å². The summed E-state index contributed by atoms with van der Waals surface area (Å²) in [7, 11) is 3.82. The molecule has 2 aromatic rings. The molecule has 1 unspecified atom stereocenters. The maximum atomic E-state index is 5.92. The van der Waals surface area contributed by atoms with E-state index in [1.165, 1.54) is 11.1 Å². The van der Waals surface area contributed by atoms with Crippen LogP contribution in [-0.2, 0) is 24.8 Å². The van der Waals surface area contributed by atoms with Crippen LogP contribution in [0.5, 0.6) is 0 Å². The van der Waals surface area contributed by atoms with Crippen LogP contribution in [0.4, 0.5) is 0 Å². The second kappa shape index (κ2) is 10.1. The molecule has 0 radical (unpaired) electrons. The lowest BCUT2D eigenvalue weighted by Gasteiger charge is -2.21. The van der Waals surface area contributed by atoms with Crippen molar-refractivity contribution in [2.75, 3.05) is 33.3 Å². The summed E-state index contributed by atoms with van der Waals surface area (Å²) in [6.07, 6.45) is 7.28. The Morgan fingerprint density at radius 2 is 2.15 bits per heavy atom. The molecule has 1 fully saturated rings. The van der Waals surface area contributed by atoms with Crippen LogP contribution in [-0.4, -0.2) is 53.9 Å². The van der Waals surface area contributed by atoms with Gasteiger partial charge in [-0.2, -0.15) is 5.10 Å². The van der Waals surface area contributed by atoms with E-state index < -0.39 is 0 Å². The number of aryl methyl sites for hydroxylation is 2. The Morgan fingerprint density at radius 3 is 2.89 bits per heavy atom. The highest BCUT2D eigenvalue weighted by molar-refractivity contribution is 5.80. The molecular weight excluding hydrogens is 338 g/mol. The van der Waals surface area contributed by atoms with Crippen LogP contribution in [0.2, 0.25) is 0 Å². The van der Waals surface area contributed by atoms with Crippen LogP contribution in [0.15, 0.2) is 47.7 Å². The fourth-order valence-electron chi connectivity index (χ4n) is 3.50. The van der Waals surface area contributed by atoms with Gasteiger partial charge in [-0.05, 0) is 30.4 Å². The molecule has 1 aromatic carbocycles. The predicted molar refractivity (Wildman–Crippen MR) is 109 cm³/mol. The fourth-order valence-corrected chi connectivity index (χ4v) is 3.50. The number of nitrogens with zero attached hydrogens (tertiary/aromatic N) is 4. The minimum Gasteiger partial charge on any atom is -0.376 e. The third-order valence-electron chi connectivity index (χ3n) is 4.95. The highest BCUT2D eigenvalue weighted by Crippen LogP contribution is 2.17. The van der Waals surface area contributed by atoms with E-state index in [0.29, 0.717) is 12.5 Å². The number of aliphatic imine (C=N–C) groups is 1. The van der Waals surface area contributed by atoms with Gasteiger partial charge in [0.05, 0.1) is 19.4 Å². The van der Waals surface area contributed by atoms with Crippen molar-refractivity contribution in [1.29, 1.82) is 0 Å². The van der Waals surface area contributed by atoms with Gasteiger partial charge < -0.3 is 15.0 Å². The number of hydrogen-bond donors (Lipinski definition) is 1. The SMILES string of the molecule is CN=C(NCCCc1cnn(C)c1)N1CCC(COCc2ccccc2)C1. The van der Waals surface area contributed by atoms with Gasteiger partial charge in [-0.15, -0.1) is 0 Å². The third-order valence-corrected chi connectivity index (χ3v) is 4.95. The van der Waals surface area contributed by atoms with Crippen LogP contribution >= 0.6 is 0 Å². The van der Waals surface area contributed by atoms with Gasteiger partial charge in [-0.3, -0.25) is 9.67 Å². The molecule has 2 heterocycles. The van der Waals surface area contributed by atoms with Gasteiger partial charge >= 0.3 is 0 Å². The number of benzene rings is 1. The Labute approximate surface area is 162 Å². The van der Waals surface area contributed by atoms with E-state index in [9.17, 15) is 0 Å². The molecule has 0 amide bonds. The van der Waals surface area contributed by atoms with E-state index in [4.69, 9.17) is 4.74 Å². The van der Waals surface area contributed by atoms with Crippen LogP contribution in [0.3, 0.4) is 0 Å². The quantitative estimate of drug-likeness (QED) is 0.441. The van der Waals surface area contributed by atoms with Crippen molar-refractivity contribution in [3.63, 3.8) is 0 Å². The molecule has 1 atom stereocenters. The standard InChI is InChI=1S/C21H31N5O/c1-22-21(23-11-6-9-19-13-24-25(2)14-19)26-12-10-20(15-26)17-27-16-18-7-4-3-5-8-18/h3-5,7-8,13-14,20H,6,9-12,15-17H2,1-2H3,(H,22,23). The molecule has 0 spiro atoms. The Bertz CT molecular complexity index is 712. The van der Waals surface area contributed by atoms with E-state index in [1.54, 1.807) is 0 Å². The van der Waals surface area contributed by atoms with E-state index >= 15 is 0 Å². The normalized spacial score (nSPS) is 17.5. The number of rotatable bonds is 8. The summed E-state index contributed by atoms with van der Waals surface area (Å²) in [5, 5.41) is 7.71. The number of guanidine groups is 1. The molecule has 6 heteroatoms. The Morgan fingerprint density at radius 1 is 1.30 bits per heavy atom. The highest BCUT2D eigenvalue weighted by Gasteiger charge is 2.24. The Kier molecular flexibility index (Phi) is 7.27. The van der Waals surface area contributed by atoms with Crippen LogP contribution in [0.25, 0.3) is 0 Å². The molecular formula is C21H31N5O. The predicted octanol–water partition coefficient (Wildman–Crippen LogP) is 2.47. The smallest absolute Gasteiger partial charge is 0.193 e. The van der Waals surface area contributed by atoms with Crippen molar-refractivity contribution in [2.45, 2.75) is 25.9 Å². The molecule has 1 aliphatic heterocycles. The average molecular weight is 370 g/mol. The van der Waals surface area contributed by atoms with E-state index in [2.05, 4.69) is 50.8 Å². The van der Waals surface area contributed by atoms with Crippen LogP contribution < -0.4 is 5.32 Å². The summed E-state index contributed by atoms with van der Waals surface area (Å²) in [6, 6.07) is 10.4. The number of hydrogen-bond acceptors (Lipinski definition) is 3. The molecule has 1 aliphatic rings. The minimum absolute atomic E-state index is 0.572. The van der Waals surface area contributed by atoms with Crippen molar-refractivity contribution in [3.8, 4) is 0 Å². The molecule has 27 heavy (non-hydrogen) atoms. The zero-order valence-electron chi connectivity index (χ0n) is 16.5. The van der Waals surface area contributed by atoms with Gasteiger partial charge in [-0.25, -0.2) is 0 Å². The fraction of sp³-hybridized carbons (Fsp3) is 0.524. The molecule has 0 bridgehead atoms. The maximum absolute atomic E-state index is 5.92. The van der Waals surface area contributed by atoms with Crippen molar-refractivity contribution < 1.29 is 4.74 Å². The number of aromatic nitrogens is 2. The van der Waals surface area contributed by atoms with Gasteiger partial charge in [0.1, 0.15) is 0 Å². The number of likely N-dealkylation sites (tertiary alicyclic amines) is 1. The molecule has 1 saturated heterocycles. The second-order valence-electron chi connectivity index (χ2n) is 7.20. The topological polar surface area (TPSA) is 54.7 Å². The molecule has 3 rings (SSSR count). The van der Waals surface area contributed by atoms with Crippen molar-refractivity contribution >= 4 is 5.96 Å². The zero-order chi connectivity index (χ0) is 18.9. The van der Waals surface area contributed by atoms with Gasteiger partial charge in [-0.1, -0.05) is 30.3 Å². The summed E-state index contributed by atoms with van der Waals surface area (Å²) >= 11 is 0. The number of ether oxygens (including phenoxy) is 1. The summed E-state index contributed by atoms with van der Waals surface area (Å²) in [6.45, 7) is 4.48. The van der Waals surface area contributed by atoms with Crippen LogP contribution in [0.1, 0.15) is 24.0 Å². The lowest BCUT2D eigenvalue weighted by atomic mass is 10.1. The summed E-state index contributed by atoms with van der Waals surface area (Å²) < 4.78 is 7.77. The zero-order valence-corrected chi connectivity index (χ0v) is 16.5. The van der Waals surface area contributed by atoms with E-state index in [1.807, 2.05) is 31.0 Å².